The number of fused-ring (bicyclic) bond motifs is 1. The fraction of sp³-hybridized carbons (Fsp3) is 0.211. The molecule has 0 saturated carbocycles. The van der Waals surface area contributed by atoms with Crippen LogP contribution >= 0.6 is 11.8 Å². The molecule has 1 aliphatic rings. The van der Waals surface area contributed by atoms with E-state index in [1.165, 1.54) is 10.7 Å². The number of hydrazone groups is 1. The van der Waals surface area contributed by atoms with Crippen LogP contribution < -0.4 is 0 Å². The number of sulfonamides is 1. The summed E-state index contributed by atoms with van der Waals surface area (Å²) in [6.45, 7) is 0. The summed E-state index contributed by atoms with van der Waals surface area (Å²) in [6, 6.07) is 13.3. The van der Waals surface area contributed by atoms with Crippen molar-refractivity contribution in [1.29, 1.82) is 0 Å². The Hall–Kier alpha value is -2.45. The molecule has 0 bridgehead atoms. The lowest BCUT2D eigenvalue weighted by molar-refractivity contribution is 0.375. The predicted molar refractivity (Wildman–Crippen MR) is 108 cm³/mol. The third-order valence-corrected chi connectivity index (χ3v) is 6.23. The summed E-state index contributed by atoms with van der Waals surface area (Å²) < 4.78 is 25.9. The molecule has 0 aliphatic carbocycles. The third-order valence-electron chi connectivity index (χ3n) is 4.49. The highest BCUT2D eigenvalue weighted by molar-refractivity contribution is 7.98. The topological polar surface area (TPSA) is 75.5 Å². The monoisotopic (exact) mass is 398 g/mol. The van der Waals surface area contributed by atoms with Gasteiger partial charge in [-0.25, -0.2) is 8.42 Å². The van der Waals surface area contributed by atoms with Gasteiger partial charge in [0.2, 0.25) is 10.0 Å². The normalized spacial score (nSPS) is 17.3. The van der Waals surface area contributed by atoms with Crippen molar-refractivity contribution in [3.63, 3.8) is 0 Å². The SMILES string of the molecule is CSc1cccc(C2=NN(S(C)(=O)=O)C(c3ccc4nccnc4c3)C2)c1. The van der Waals surface area contributed by atoms with Crippen molar-refractivity contribution in [1.82, 2.24) is 14.4 Å². The van der Waals surface area contributed by atoms with E-state index in [2.05, 4.69) is 15.1 Å². The van der Waals surface area contributed by atoms with Gasteiger partial charge in [0.25, 0.3) is 0 Å². The van der Waals surface area contributed by atoms with Crippen LogP contribution in [-0.4, -0.2) is 41.0 Å². The van der Waals surface area contributed by atoms with Crippen LogP contribution in [0.25, 0.3) is 11.0 Å². The lowest BCUT2D eigenvalue weighted by atomic mass is 9.99. The average molecular weight is 399 g/mol. The highest BCUT2D eigenvalue weighted by Crippen LogP contribution is 2.35. The van der Waals surface area contributed by atoms with Crippen molar-refractivity contribution in [2.24, 2.45) is 5.10 Å². The first-order valence-corrected chi connectivity index (χ1v) is 11.4. The lowest BCUT2D eigenvalue weighted by Gasteiger charge is -2.21. The minimum absolute atomic E-state index is 0.389. The van der Waals surface area contributed by atoms with E-state index in [-0.39, 0.29) is 6.04 Å². The van der Waals surface area contributed by atoms with Gasteiger partial charge in [-0.15, -0.1) is 11.8 Å². The number of aromatic nitrogens is 2. The Bertz CT molecular complexity index is 1150. The predicted octanol–water partition coefficient (Wildman–Crippen LogP) is 3.46. The minimum atomic E-state index is -3.51. The van der Waals surface area contributed by atoms with Crippen LogP contribution in [0.3, 0.4) is 0 Å². The molecule has 0 saturated heterocycles. The quantitative estimate of drug-likeness (QED) is 0.629. The molecule has 1 aromatic heterocycles. The standard InChI is InChI=1S/C19H18N4O2S2/c1-26-15-5-3-4-13(10-15)17-12-19(23(22-17)27(2,24)25)14-6-7-16-18(11-14)21-9-8-20-16/h3-11,19H,12H2,1-2H3. The zero-order valence-corrected chi connectivity index (χ0v) is 16.5. The Morgan fingerprint density at radius 1 is 1.07 bits per heavy atom. The molecule has 1 atom stereocenters. The second-order valence-corrected chi connectivity index (χ2v) is 9.06. The van der Waals surface area contributed by atoms with E-state index >= 15 is 0 Å². The van der Waals surface area contributed by atoms with Crippen molar-refractivity contribution in [2.75, 3.05) is 12.5 Å². The van der Waals surface area contributed by atoms with Crippen LogP contribution in [0.4, 0.5) is 0 Å². The van der Waals surface area contributed by atoms with Crippen LogP contribution in [0, 0.1) is 0 Å². The van der Waals surface area contributed by atoms with E-state index in [1.807, 2.05) is 48.7 Å². The van der Waals surface area contributed by atoms with E-state index in [0.29, 0.717) is 6.42 Å². The number of thioether (sulfide) groups is 1. The molecule has 0 radical (unpaired) electrons. The maximum atomic E-state index is 12.4. The van der Waals surface area contributed by atoms with Crippen molar-refractivity contribution in [2.45, 2.75) is 17.4 Å². The Morgan fingerprint density at radius 3 is 2.59 bits per heavy atom. The Kier molecular flexibility index (Phi) is 4.61. The molecule has 2 heterocycles. The van der Waals surface area contributed by atoms with Gasteiger partial charge in [0.1, 0.15) is 0 Å². The highest BCUT2D eigenvalue weighted by atomic mass is 32.2. The number of hydrogen-bond donors (Lipinski definition) is 0. The summed E-state index contributed by atoms with van der Waals surface area (Å²) >= 11 is 1.64. The fourth-order valence-corrected chi connectivity index (χ4v) is 4.57. The van der Waals surface area contributed by atoms with Gasteiger partial charge in [-0.2, -0.15) is 9.52 Å². The number of rotatable bonds is 4. The van der Waals surface area contributed by atoms with Crippen LogP contribution in [-0.2, 0) is 10.0 Å². The van der Waals surface area contributed by atoms with Crippen molar-refractivity contribution < 1.29 is 8.42 Å². The molecule has 0 fully saturated rings. The second kappa shape index (κ2) is 6.94. The Morgan fingerprint density at radius 2 is 1.85 bits per heavy atom. The molecule has 8 heteroatoms. The molecule has 1 aliphatic heterocycles. The fourth-order valence-electron chi connectivity index (χ4n) is 3.21. The molecule has 0 spiro atoms. The summed E-state index contributed by atoms with van der Waals surface area (Å²) in [4.78, 5) is 9.72. The Balaban J connectivity index is 1.76. The molecule has 3 aromatic rings. The maximum Gasteiger partial charge on any atom is 0.247 e. The first-order chi connectivity index (χ1) is 13.0. The van der Waals surface area contributed by atoms with Gasteiger partial charge < -0.3 is 0 Å². The number of nitrogens with zero attached hydrogens (tertiary/aromatic N) is 4. The molecule has 0 amide bonds. The van der Waals surface area contributed by atoms with Crippen LogP contribution in [0.15, 0.2) is 64.9 Å². The van der Waals surface area contributed by atoms with Gasteiger partial charge in [-0.1, -0.05) is 18.2 Å². The van der Waals surface area contributed by atoms with E-state index in [1.54, 1.807) is 24.2 Å². The van der Waals surface area contributed by atoms with Gasteiger partial charge in [0.15, 0.2) is 0 Å². The molecule has 2 aromatic carbocycles. The van der Waals surface area contributed by atoms with Crippen molar-refractivity contribution in [3.05, 3.63) is 66.0 Å². The molecule has 1 unspecified atom stereocenters. The number of benzene rings is 2. The van der Waals surface area contributed by atoms with Gasteiger partial charge in [0.05, 0.1) is 29.0 Å². The summed E-state index contributed by atoms with van der Waals surface area (Å²) in [6.07, 6.45) is 6.98. The Labute approximate surface area is 162 Å². The first kappa shape index (κ1) is 17.9. The van der Waals surface area contributed by atoms with E-state index in [4.69, 9.17) is 0 Å². The minimum Gasteiger partial charge on any atom is -0.253 e. The zero-order valence-electron chi connectivity index (χ0n) is 14.9. The lowest BCUT2D eigenvalue weighted by Crippen LogP contribution is -2.25. The molecule has 6 nitrogen and oxygen atoms in total. The van der Waals surface area contributed by atoms with Crippen LogP contribution in [0.2, 0.25) is 0 Å². The number of hydrogen-bond acceptors (Lipinski definition) is 6. The highest BCUT2D eigenvalue weighted by Gasteiger charge is 2.34. The van der Waals surface area contributed by atoms with E-state index < -0.39 is 10.0 Å². The molecule has 138 valence electrons. The molecule has 27 heavy (non-hydrogen) atoms. The van der Waals surface area contributed by atoms with Gasteiger partial charge in [-0.05, 0) is 41.6 Å². The maximum absolute atomic E-state index is 12.4. The van der Waals surface area contributed by atoms with Crippen molar-refractivity contribution in [3.8, 4) is 0 Å². The second-order valence-electron chi connectivity index (χ2n) is 6.34. The smallest absolute Gasteiger partial charge is 0.247 e. The summed E-state index contributed by atoms with van der Waals surface area (Å²) in [5.41, 5.74) is 4.08. The van der Waals surface area contributed by atoms with Gasteiger partial charge in [0, 0.05) is 23.7 Å². The largest absolute Gasteiger partial charge is 0.253 e. The van der Waals surface area contributed by atoms with Crippen LogP contribution in [0.1, 0.15) is 23.6 Å². The summed E-state index contributed by atoms with van der Waals surface area (Å²) in [5.74, 6) is 0. The van der Waals surface area contributed by atoms with Gasteiger partial charge in [-0.3, -0.25) is 9.97 Å². The summed E-state index contributed by atoms with van der Waals surface area (Å²) in [5, 5.41) is 4.46. The van der Waals surface area contributed by atoms with E-state index in [9.17, 15) is 8.42 Å². The first-order valence-electron chi connectivity index (χ1n) is 8.38. The molecule has 4 rings (SSSR count). The average Bonchev–Trinajstić information content (AvgIpc) is 3.14. The van der Waals surface area contributed by atoms with E-state index in [0.717, 1.165) is 32.8 Å². The zero-order chi connectivity index (χ0) is 19.0. The van der Waals surface area contributed by atoms with Crippen LogP contribution in [0.5, 0.6) is 0 Å². The molecular weight excluding hydrogens is 380 g/mol. The molecular formula is C19H18N4O2S2. The van der Waals surface area contributed by atoms with Crippen molar-refractivity contribution >= 4 is 38.5 Å². The third kappa shape index (κ3) is 3.54. The summed E-state index contributed by atoms with van der Waals surface area (Å²) in [7, 11) is -3.51. The molecule has 0 N–H and O–H groups in total. The van der Waals surface area contributed by atoms with Gasteiger partial charge >= 0.3 is 0 Å².